The predicted octanol–water partition coefficient (Wildman–Crippen LogP) is 3.34. The highest BCUT2D eigenvalue weighted by molar-refractivity contribution is 7.89. The summed E-state index contributed by atoms with van der Waals surface area (Å²) in [6.07, 6.45) is 1.75. The molecule has 9 heteroatoms. The monoisotopic (exact) mass is 493 g/mol. The van der Waals surface area contributed by atoms with Crippen molar-refractivity contribution < 1.29 is 18.0 Å². The van der Waals surface area contributed by atoms with Gasteiger partial charge in [-0.3, -0.25) is 9.59 Å². The summed E-state index contributed by atoms with van der Waals surface area (Å²) in [5, 5.41) is 3.27. The summed E-state index contributed by atoms with van der Waals surface area (Å²) in [6.45, 7) is 4.23. The number of rotatable bonds is 12. The van der Waals surface area contributed by atoms with Crippen molar-refractivity contribution in [2.45, 2.75) is 44.0 Å². The molecule has 33 heavy (non-hydrogen) atoms. The molecular formula is C24H32ClN3O4S. The van der Waals surface area contributed by atoms with Gasteiger partial charge in [-0.25, -0.2) is 8.42 Å². The summed E-state index contributed by atoms with van der Waals surface area (Å²) in [6, 6.07) is 14.8. The van der Waals surface area contributed by atoms with Gasteiger partial charge in [0.1, 0.15) is 6.04 Å². The van der Waals surface area contributed by atoms with Gasteiger partial charge in [0, 0.05) is 25.2 Å². The molecule has 1 atom stereocenters. The normalized spacial score (nSPS) is 12.4. The van der Waals surface area contributed by atoms with E-state index < -0.39 is 22.0 Å². The number of carbonyl (C=O) groups excluding carboxylic acids is 2. The van der Waals surface area contributed by atoms with Crippen LogP contribution in [0.3, 0.4) is 0 Å². The first-order valence-corrected chi connectivity index (χ1v) is 12.9. The van der Waals surface area contributed by atoms with Gasteiger partial charge in [0.25, 0.3) is 0 Å². The van der Waals surface area contributed by atoms with Crippen LogP contribution in [0.25, 0.3) is 0 Å². The Morgan fingerprint density at radius 3 is 2.24 bits per heavy atom. The van der Waals surface area contributed by atoms with Crippen molar-refractivity contribution in [3.8, 4) is 0 Å². The Kier molecular flexibility index (Phi) is 10.3. The fourth-order valence-corrected chi connectivity index (χ4v) is 4.66. The summed E-state index contributed by atoms with van der Waals surface area (Å²) >= 11 is 5.86. The molecule has 1 N–H and O–H groups in total. The van der Waals surface area contributed by atoms with Gasteiger partial charge in [-0.15, -0.1) is 0 Å². The number of likely N-dealkylation sites (N-methyl/N-ethyl adjacent to an activating group) is 1. The molecule has 180 valence electrons. The van der Waals surface area contributed by atoms with E-state index in [2.05, 4.69) is 5.32 Å². The third-order valence-electron chi connectivity index (χ3n) is 5.30. The number of sulfonamides is 1. The average molecular weight is 494 g/mol. The second-order valence-corrected chi connectivity index (χ2v) is 10.2. The topological polar surface area (TPSA) is 86.8 Å². The van der Waals surface area contributed by atoms with Gasteiger partial charge in [-0.05, 0) is 49.1 Å². The van der Waals surface area contributed by atoms with Crippen molar-refractivity contribution in [2.24, 2.45) is 0 Å². The minimum Gasteiger partial charge on any atom is -0.354 e. The van der Waals surface area contributed by atoms with Gasteiger partial charge in [-0.2, -0.15) is 4.31 Å². The van der Waals surface area contributed by atoms with Crippen molar-refractivity contribution in [3.63, 3.8) is 0 Å². The molecule has 0 aromatic heterocycles. The van der Waals surface area contributed by atoms with Gasteiger partial charge in [0.2, 0.25) is 21.8 Å². The zero-order valence-electron chi connectivity index (χ0n) is 19.3. The van der Waals surface area contributed by atoms with E-state index >= 15 is 0 Å². The van der Waals surface area contributed by atoms with Crippen LogP contribution in [0.2, 0.25) is 5.02 Å². The van der Waals surface area contributed by atoms with E-state index in [4.69, 9.17) is 11.6 Å². The maximum atomic E-state index is 13.3. The van der Waals surface area contributed by atoms with Gasteiger partial charge in [-0.1, -0.05) is 55.8 Å². The minimum absolute atomic E-state index is 0.0470. The number of nitrogens with zero attached hydrogens (tertiary/aromatic N) is 2. The number of amides is 2. The summed E-state index contributed by atoms with van der Waals surface area (Å²) in [5.41, 5.74) is 1.03. The molecule has 2 amide bonds. The highest BCUT2D eigenvalue weighted by Gasteiger charge is 2.31. The lowest BCUT2D eigenvalue weighted by atomic mass is 10.1. The highest BCUT2D eigenvalue weighted by atomic mass is 35.5. The standard InChI is InChI=1S/C24H32ClN3O4S/c1-4-16-26-24(30)22(5-2)28(17-15-19-9-7-6-8-10-19)23(29)18-27(3)33(31,32)21-13-11-20(25)12-14-21/h6-14,22H,4-5,15-18H2,1-3H3,(H,26,30)/t22-/m0/s1. The average Bonchev–Trinajstić information content (AvgIpc) is 2.80. The van der Waals surface area contributed by atoms with Crippen LogP contribution < -0.4 is 5.32 Å². The van der Waals surface area contributed by atoms with Crippen LogP contribution in [0.1, 0.15) is 32.3 Å². The molecule has 0 unspecified atom stereocenters. The van der Waals surface area contributed by atoms with E-state index in [0.717, 1.165) is 16.3 Å². The van der Waals surface area contributed by atoms with Crippen molar-refractivity contribution in [3.05, 3.63) is 65.2 Å². The predicted molar refractivity (Wildman–Crippen MR) is 131 cm³/mol. The quantitative estimate of drug-likeness (QED) is 0.491. The molecule has 0 saturated heterocycles. The lowest BCUT2D eigenvalue weighted by molar-refractivity contribution is -0.140. The van der Waals surface area contributed by atoms with E-state index in [-0.39, 0.29) is 17.3 Å². The number of hydrogen-bond donors (Lipinski definition) is 1. The molecule has 7 nitrogen and oxygen atoms in total. The SMILES string of the molecule is CCCNC(=O)[C@H](CC)N(CCc1ccccc1)C(=O)CN(C)S(=O)(=O)c1ccc(Cl)cc1. The van der Waals surface area contributed by atoms with Crippen molar-refractivity contribution in [1.29, 1.82) is 0 Å². The van der Waals surface area contributed by atoms with E-state index in [9.17, 15) is 18.0 Å². The van der Waals surface area contributed by atoms with E-state index in [1.807, 2.05) is 44.2 Å². The number of halogens is 1. The molecule has 0 saturated carbocycles. The minimum atomic E-state index is -3.89. The Morgan fingerprint density at radius 2 is 1.67 bits per heavy atom. The number of carbonyl (C=O) groups is 2. The maximum Gasteiger partial charge on any atom is 0.243 e. The van der Waals surface area contributed by atoms with Crippen LogP contribution >= 0.6 is 11.6 Å². The second-order valence-electron chi connectivity index (χ2n) is 7.75. The Labute approximate surface area is 201 Å². The summed E-state index contributed by atoms with van der Waals surface area (Å²) in [5.74, 6) is -0.659. The second kappa shape index (κ2) is 12.7. The van der Waals surface area contributed by atoms with Crippen LogP contribution in [-0.4, -0.2) is 62.2 Å². The van der Waals surface area contributed by atoms with Gasteiger partial charge < -0.3 is 10.2 Å². The Hall–Kier alpha value is -2.42. The van der Waals surface area contributed by atoms with Crippen molar-refractivity contribution >= 4 is 33.4 Å². The lowest BCUT2D eigenvalue weighted by Gasteiger charge is -2.32. The van der Waals surface area contributed by atoms with Crippen molar-refractivity contribution in [1.82, 2.24) is 14.5 Å². The number of nitrogens with one attached hydrogen (secondary N) is 1. The molecule has 0 aliphatic heterocycles. The van der Waals surface area contributed by atoms with Crippen molar-refractivity contribution in [2.75, 3.05) is 26.7 Å². The zero-order chi connectivity index (χ0) is 24.4. The fraction of sp³-hybridized carbons (Fsp3) is 0.417. The number of hydrogen-bond acceptors (Lipinski definition) is 4. The molecule has 2 rings (SSSR count). The fourth-order valence-electron chi connectivity index (χ4n) is 3.41. The molecular weight excluding hydrogens is 462 g/mol. The molecule has 2 aromatic carbocycles. The largest absolute Gasteiger partial charge is 0.354 e. The molecule has 0 aliphatic rings. The van der Waals surface area contributed by atoms with Crippen LogP contribution in [0.4, 0.5) is 0 Å². The van der Waals surface area contributed by atoms with Crippen LogP contribution in [0.5, 0.6) is 0 Å². The number of benzene rings is 2. The maximum absolute atomic E-state index is 13.3. The first-order chi connectivity index (χ1) is 15.7. The van der Waals surface area contributed by atoms with Crippen LogP contribution in [0, 0.1) is 0 Å². The molecule has 0 spiro atoms. The Bertz CT molecular complexity index is 1010. The van der Waals surface area contributed by atoms with Gasteiger partial charge in [0.05, 0.1) is 11.4 Å². The highest BCUT2D eigenvalue weighted by Crippen LogP contribution is 2.18. The molecule has 0 heterocycles. The third kappa shape index (κ3) is 7.55. The molecule has 0 radical (unpaired) electrons. The van der Waals surface area contributed by atoms with E-state index in [1.54, 1.807) is 0 Å². The third-order valence-corrected chi connectivity index (χ3v) is 7.37. The van der Waals surface area contributed by atoms with Gasteiger partial charge in [0.15, 0.2) is 0 Å². The molecule has 0 fully saturated rings. The first kappa shape index (κ1) is 26.8. The Morgan fingerprint density at radius 1 is 1.03 bits per heavy atom. The molecule has 0 bridgehead atoms. The Balaban J connectivity index is 2.23. The summed E-state index contributed by atoms with van der Waals surface area (Å²) in [4.78, 5) is 27.6. The van der Waals surface area contributed by atoms with Gasteiger partial charge >= 0.3 is 0 Å². The summed E-state index contributed by atoms with van der Waals surface area (Å²) in [7, 11) is -2.54. The van der Waals surface area contributed by atoms with Crippen LogP contribution in [-0.2, 0) is 26.0 Å². The zero-order valence-corrected chi connectivity index (χ0v) is 20.9. The smallest absolute Gasteiger partial charge is 0.243 e. The first-order valence-electron chi connectivity index (χ1n) is 11.0. The van der Waals surface area contributed by atoms with Crippen LogP contribution in [0.15, 0.2) is 59.5 Å². The molecule has 0 aliphatic carbocycles. The lowest BCUT2D eigenvalue weighted by Crippen LogP contribution is -2.52. The van der Waals surface area contributed by atoms with E-state index in [1.165, 1.54) is 36.2 Å². The molecule has 2 aromatic rings. The van der Waals surface area contributed by atoms with E-state index in [0.29, 0.717) is 31.0 Å². The summed E-state index contributed by atoms with van der Waals surface area (Å²) < 4.78 is 26.9.